The summed E-state index contributed by atoms with van der Waals surface area (Å²) in [5.41, 5.74) is 2.35. The minimum atomic E-state index is 0.252. The number of rotatable bonds is 3. The van der Waals surface area contributed by atoms with Crippen molar-refractivity contribution in [3.05, 3.63) is 35.4 Å². The second-order valence-corrected chi connectivity index (χ2v) is 5.40. The van der Waals surface area contributed by atoms with Crippen LogP contribution in [0.3, 0.4) is 0 Å². The van der Waals surface area contributed by atoms with Gasteiger partial charge in [0.15, 0.2) is 0 Å². The van der Waals surface area contributed by atoms with Crippen molar-refractivity contribution in [1.29, 1.82) is 5.26 Å². The third-order valence-electron chi connectivity index (χ3n) is 4.15. The van der Waals surface area contributed by atoms with Crippen LogP contribution in [-0.2, 0) is 10.2 Å². The van der Waals surface area contributed by atoms with Gasteiger partial charge in [-0.2, -0.15) is 5.26 Å². The number of hydrogen-bond acceptors (Lipinski definition) is 2. The number of nitrogens with zero attached hydrogens (tertiary/aromatic N) is 1. The van der Waals surface area contributed by atoms with Crippen molar-refractivity contribution in [2.45, 2.75) is 51.0 Å². The summed E-state index contributed by atoms with van der Waals surface area (Å²) in [5, 5.41) is 8.83. The first-order valence-electron chi connectivity index (χ1n) is 6.80. The molecule has 0 atom stereocenters. The Morgan fingerprint density at radius 1 is 1.28 bits per heavy atom. The summed E-state index contributed by atoms with van der Waals surface area (Å²) in [6.07, 6.45) is 5.07. The van der Waals surface area contributed by atoms with Crippen molar-refractivity contribution in [2.24, 2.45) is 0 Å². The van der Waals surface area contributed by atoms with Crippen molar-refractivity contribution in [3.8, 4) is 6.07 Å². The fourth-order valence-corrected chi connectivity index (χ4v) is 2.87. The molecule has 0 spiro atoms. The van der Waals surface area contributed by atoms with Crippen LogP contribution in [-0.4, -0.2) is 12.7 Å². The molecule has 0 radical (unpaired) electrons. The van der Waals surface area contributed by atoms with Crippen molar-refractivity contribution in [3.63, 3.8) is 0 Å². The molecule has 0 unspecified atom stereocenters. The van der Waals surface area contributed by atoms with Gasteiger partial charge in [-0.15, -0.1) is 0 Å². The molecule has 96 valence electrons. The lowest BCUT2D eigenvalue weighted by Gasteiger charge is -2.37. The van der Waals surface area contributed by atoms with Gasteiger partial charge >= 0.3 is 0 Å². The molecule has 1 aliphatic carbocycles. The van der Waals surface area contributed by atoms with Gasteiger partial charge in [-0.1, -0.05) is 19.1 Å². The van der Waals surface area contributed by atoms with E-state index in [2.05, 4.69) is 32.0 Å². The molecule has 0 amide bonds. The molecule has 1 fully saturated rings. The summed E-state index contributed by atoms with van der Waals surface area (Å²) >= 11 is 0. The molecule has 1 aromatic carbocycles. The van der Waals surface area contributed by atoms with E-state index in [9.17, 15) is 0 Å². The van der Waals surface area contributed by atoms with Crippen molar-refractivity contribution < 1.29 is 4.74 Å². The average molecular weight is 243 g/mol. The second kappa shape index (κ2) is 5.54. The van der Waals surface area contributed by atoms with Gasteiger partial charge in [-0.25, -0.2) is 0 Å². The smallest absolute Gasteiger partial charge is 0.0991 e. The number of hydrogen-bond donors (Lipinski definition) is 0. The van der Waals surface area contributed by atoms with Gasteiger partial charge in [0, 0.05) is 6.61 Å². The van der Waals surface area contributed by atoms with E-state index in [0.29, 0.717) is 6.10 Å². The molecule has 2 nitrogen and oxygen atoms in total. The van der Waals surface area contributed by atoms with Crippen LogP contribution >= 0.6 is 0 Å². The molecule has 1 aromatic rings. The van der Waals surface area contributed by atoms with Crippen molar-refractivity contribution in [2.75, 3.05) is 6.61 Å². The van der Waals surface area contributed by atoms with Gasteiger partial charge in [0.2, 0.25) is 0 Å². The lowest BCUT2D eigenvalue weighted by molar-refractivity contribution is 0.0217. The molecule has 0 heterocycles. The van der Waals surface area contributed by atoms with E-state index in [-0.39, 0.29) is 5.41 Å². The Morgan fingerprint density at radius 2 is 1.89 bits per heavy atom. The Labute approximate surface area is 110 Å². The van der Waals surface area contributed by atoms with E-state index < -0.39 is 0 Å². The van der Waals surface area contributed by atoms with Gasteiger partial charge in [-0.05, 0) is 55.7 Å². The lowest BCUT2D eigenvalue weighted by Crippen LogP contribution is -2.32. The van der Waals surface area contributed by atoms with Crippen LogP contribution in [0.15, 0.2) is 24.3 Å². The van der Waals surface area contributed by atoms with Gasteiger partial charge in [0.05, 0.1) is 17.7 Å². The third-order valence-corrected chi connectivity index (χ3v) is 4.15. The van der Waals surface area contributed by atoms with Crippen LogP contribution in [0.2, 0.25) is 0 Å². The highest BCUT2D eigenvalue weighted by Gasteiger charge is 2.32. The fourth-order valence-electron chi connectivity index (χ4n) is 2.87. The van der Waals surface area contributed by atoms with Gasteiger partial charge in [-0.3, -0.25) is 0 Å². The number of benzene rings is 1. The van der Waals surface area contributed by atoms with E-state index in [0.717, 1.165) is 25.0 Å². The maximum absolute atomic E-state index is 8.83. The van der Waals surface area contributed by atoms with E-state index >= 15 is 0 Å². The fraction of sp³-hybridized carbons (Fsp3) is 0.562. The normalized spacial score (nSPS) is 27.7. The summed E-state index contributed by atoms with van der Waals surface area (Å²) in [5.74, 6) is 0. The third kappa shape index (κ3) is 2.73. The monoisotopic (exact) mass is 243 g/mol. The van der Waals surface area contributed by atoms with Gasteiger partial charge < -0.3 is 4.74 Å². The standard InChI is InChI=1S/C16H21NO/c1-3-18-15-8-10-16(2,11-9-15)14-6-4-13(12-17)5-7-14/h4-7,15H,3,8-11H2,1-2H3. The summed E-state index contributed by atoms with van der Waals surface area (Å²) in [6.45, 7) is 5.21. The maximum atomic E-state index is 8.83. The predicted octanol–water partition coefficient (Wildman–Crippen LogP) is 3.80. The maximum Gasteiger partial charge on any atom is 0.0991 e. The summed E-state index contributed by atoms with van der Waals surface area (Å²) in [7, 11) is 0. The largest absolute Gasteiger partial charge is 0.379 e. The van der Waals surface area contributed by atoms with Crippen LogP contribution in [0, 0.1) is 11.3 Å². The van der Waals surface area contributed by atoms with Crippen LogP contribution in [0.5, 0.6) is 0 Å². The zero-order valence-corrected chi connectivity index (χ0v) is 11.3. The minimum Gasteiger partial charge on any atom is -0.379 e. The minimum absolute atomic E-state index is 0.252. The Balaban J connectivity index is 2.06. The molecule has 0 bridgehead atoms. The zero-order chi connectivity index (χ0) is 13.0. The summed E-state index contributed by atoms with van der Waals surface area (Å²) in [6, 6.07) is 10.2. The highest BCUT2D eigenvalue weighted by atomic mass is 16.5. The Bertz CT molecular complexity index is 421. The molecule has 2 rings (SSSR count). The van der Waals surface area contributed by atoms with Gasteiger partial charge in [0.1, 0.15) is 0 Å². The summed E-state index contributed by atoms with van der Waals surface area (Å²) in [4.78, 5) is 0. The molecule has 0 saturated heterocycles. The molecule has 0 aliphatic heterocycles. The molecule has 18 heavy (non-hydrogen) atoms. The Kier molecular flexibility index (Phi) is 4.04. The molecule has 1 aliphatic rings. The van der Waals surface area contributed by atoms with Crippen molar-refractivity contribution >= 4 is 0 Å². The number of nitriles is 1. The predicted molar refractivity (Wildman–Crippen MR) is 72.4 cm³/mol. The number of ether oxygens (including phenoxy) is 1. The van der Waals surface area contributed by atoms with Crippen LogP contribution in [0.1, 0.15) is 50.7 Å². The van der Waals surface area contributed by atoms with E-state index in [4.69, 9.17) is 10.00 Å². The van der Waals surface area contributed by atoms with Crippen LogP contribution in [0.4, 0.5) is 0 Å². The first-order chi connectivity index (χ1) is 8.68. The van der Waals surface area contributed by atoms with Crippen molar-refractivity contribution in [1.82, 2.24) is 0 Å². The molecule has 0 N–H and O–H groups in total. The highest BCUT2D eigenvalue weighted by molar-refractivity contribution is 5.35. The first kappa shape index (κ1) is 13.1. The lowest BCUT2D eigenvalue weighted by atomic mass is 9.70. The first-order valence-corrected chi connectivity index (χ1v) is 6.80. The Hall–Kier alpha value is -1.33. The molecule has 2 heteroatoms. The topological polar surface area (TPSA) is 33.0 Å². The highest BCUT2D eigenvalue weighted by Crippen LogP contribution is 2.39. The average Bonchev–Trinajstić information content (AvgIpc) is 2.42. The summed E-state index contributed by atoms with van der Waals surface area (Å²) < 4.78 is 5.71. The van der Waals surface area contributed by atoms with Gasteiger partial charge in [0.25, 0.3) is 0 Å². The van der Waals surface area contributed by atoms with E-state index in [1.807, 2.05) is 12.1 Å². The molecular weight excluding hydrogens is 222 g/mol. The van der Waals surface area contributed by atoms with Crippen LogP contribution < -0.4 is 0 Å². The van der Waals surface area contributed by atoms with E-state index in [1.54, 1.807) is 0 Å². The molecule has 0 aromatic heterocycles. The zero-order valence-electron chi connectivity index (χ0n) is 11.3. The molecular formula is C16H21NO. The quantitative estimate of drug-likeness (QED) is 0.809. The molecule has 1 saturated carbocycles. The van der Waals surface area contributed by atoms with E-state index in [1.165, 1.54) is 18.4 Å². The Morgan fingerprint density at radius 3 is 2.39 bits per heavy atom. The van der Waals surface area contributed by atoms with Crippen LogP contribution in [0.25, 0.3) is 0 Å². The second-order valence-electron chi connectivity index (χ2n) is 5.40. The SMILES string of the molecule is CCOC1CCC(C)(c2ccc(C#N)cc2)CC1.